The third kappa shape index (κ3) is 2.25. The van der Waals surface area contributed by atoms with E-state index in [1.165, 1.54) is 0 Å². The van der Waals surface area contributed by atoms with E-state index >= 15 is 0 Å². The van der Waals surface area contributed by atoms with Gasteiger partial charge in [-0.25, -0.2) is 0 Å². The van der Waals surface area contributed by atoms with Gasteiger partial charge < -0.3 is 5.32 Å². The third-order valence-corrected chi connectivity index (χ3v) is 2.71. The van der Waals surface area contributed by atoms with E-state index in [0.29, 0.717) is 0 Å². The van der Waals surface area contributed by atoms with E-state index < -0.39 is 11.0 Å². The Morgan fingerprint density at radius 3 is 2.21 bits per heavy atom. The zero-order valence-corrected chi connectivity index (χ0v) is 9.18. The molecule has 1 aliphatic carbocycles. The summed E-state index contributed by atoms with van der Waals surface area (Å²) in [5, 5.41) is 11.9. The van der Waals surface area contributed by atoms with Crippen molar-refractivity contribution in [2.24, 2.45) is 5.41 Å². The molecule has 1 saturated carbocycles. The quantitative estimate of drug-likeness (QED) is 0.694. The van der Waals surface area contributed by atoms with Gasteiger partial charge in [-0.2, -0.15) is 5.26 Å². The highest BCUT2D eigenvalue weighted by molar-refractivity contribution is 5.82. The lowest BCUT2D eigenvalue weighted by Crippen LogP contribution is -2.49. The molecule has 0 aliphatic heterocycles. The van der Waals surface area contributed by atoms with E-state index in [9.17, 15) is 4.79 Å². The van der Waals surface area contributed by atoms with Crippen LogP contribution in [-0.2, 0) is 4.79 Å². The molecule has 1 amide bonds. The van der Waals surface area contributed by atoms with Crippen molar-refractivity contribution in [1.29, 1.82) is 5.26 Å². The highest BCUT2D eigenvalue weighted by Gasteiger charge is 2.37. The molecule has 0 radical (unpaired) electrons. The first kappa shape index (κ1) is 11.0. The van der Waals surface area contributed by atoms with Crippen molar-refractivity contribution in [3.63, 3.8) is 0 Å². The Morgan fingerprint density at radius 1 is 1.36 bits per heavy atom. The van der Waals surface area contributed by atoms with E-state index in [1.807, 2.05) is 20.8 Å². The second-order valence-electron chi connectivity index (χ2n) is 5.11. The van der Waals surface area contributed by atoms with Gasteiger partial charge in [0.1, 0.15) is 5.54 Å². The van der Waals surface area contributed by atoms with Gasteiger partial charge in [0.2, 0.25) is 5.91 Å². The van der Waals surface area contributed by atoms with Crippen LogP contribution in [0.1, 0.15) is 46.5 Å². The molecule has 1 rings (SSSR count). The molecule has 0 heterocycles. The summed E-state index contributed by atoms with van der Waals surface area (Å²) in [7, 11) is 0. The normalized spacial score (nSPS) is 20.1. The number of rotatable bonds is 1. The number of nitrogens with one attached hydrogen (secondary N) is 1. The largest absolute Gasteiger partial charge is 0.337 e. The fourth-order valence-electron chi connectivity index (χ4n) is 1.65. The van der Waals surface area contributed by atoms with Gasteiger partial charge in [0.15, 0.2) is 0 Å². The van der Waals surface area contributed by atoms with E-state index in [-0.39, 0.29) is 5.91 Å². The number of hydrogen-bond donors (Lipinski definition) is 1. The van der Waals surface area contributed by atoms with Crippen molar-refractivity contribution in [2.75, 3.05) is 0 Å². The molecule has 1 aliphatic rings. The molecule has 3 nitrogen and oxygen atoms in total. The van der Waals surface area contributed by atoms with Crippen LogP contribution < -0.4 is 5.32 Å². The van der Waals surface area contributed by atoms with Gasteiger partial charge in [-0.15, -0.1) is 0 Å². The summed E-state index contributed by atoms with van der Waals surface area (Å²) in [6.45, 7) is 5.59. The zero-order chi connectivity index (χ0) is 10.8. The molecule has 0 aromatic rings. The van der Waals surface area contributed by atoms with Crippen LogP contribution in [0.2, 0.25) is 0 Å². The summed E-state index contributed by atoms with van der Waals surface area (Å²) in [5.41, 5.74) is -0.989. The van der Waals surface area contributed by atoms with Crippen LogP contribution >= 0.6 is 0 Å². The summed E-state index contributed by atoms with van der Waals surface area (Å²) in [6.07, 6.45) is 3.67. The van der Waals surface area contributed by atoms with E-state index in [4.69, 9.17) is 5.26 Å². The first-order valence-electron chi connectivity index (χ1n) is 5.13. The Balaban J connectivity index is 2.67. The van der Waals surface area contributed by atoms with Crippen molar-refractivity contribution in [3.05, 3.63) is 0 Å². The summed E-state index contributed by atoms with van der Waals surface area (Å²) < 4.78 is 0. The van der Waals surface area contributed by atoms with Gasteiger partial charge in [0, 0.05) is 5.41 Å². The molecule has 3 heteroatoms. The highest BCUT2D eigenvalue weighted by atomic mass is 16.2. The maximum Gasteiger partial charge on any atom is 0.226 e. The number of carbonyl (C=O) groups excluding carboxylic acids is 1. The Hall–Kier alpha value is -1.04. The highest BCUT2D eigenvalue weighted by Crippen LogP contribution is 2.30. The smallest absolute Gasteiger partial charge is 0.226 e. The first-order valence-corrected chi connectivity index (χ1v) is 5.13. The number of nitrogens with zero attached hydrogens (tertiary/aromatic N) is 1. The standard InChI is InChI=1S/C11H18N2O/c1-10(2,3)9(14)13-11(8-12)6-4-5-7-11/h4-7H2,1-3H3,(H,13,14). The van der Waals surface area contributed by atoms with Gasteiger partial charge >= 0.3 is 0 Å². The minimum absolute atomic E-state index is 0.0269. The van der Waals surface area contributed by atoms with Crippen LogP contribution in [0.25, 0.3) is 0 Å². The van der Waals surface area contributed by atoms with Crippen LogP contribution in [-0.4, -0.2) is 11.4 Å². The lowest BCUT2D eigenvalue weighted by Gasteiger charge is -2.27. The van der Waals surface area contributed by atoms with Crippen molar-refractivity contribution in [3.8, 4) is 6.07 Å². The molecule has 1 N–H and O–H groups in total. The number of nitriles is 1. The predicted octanol–water partition coefficient (Wildman–Crippen LogP) is 1.99. The van der Waals surface area contributed by atoms with Crippen molar-refractivity contribution < 1.29 is 4.79 Å². The summed E-state index contributed by atoms with van der Waals surface area (Å²) >= 11 is 0. The summed E-state index contributed by atoms with van der Waals surface area (Å²) in [4.78, 5) is 11.7. The van der Waals surface area contributed by atoms with Crippen LogP contribution in [0.4, 0.5) is 0 Å². The van der Waals surface area contributed by atoms with E-state index in [2.05, 4.69) is 11.4 Å². The Kier molecular flexibility index (Phi) is 2.84. The molecular formula is C11H18N2O. The van der Waals surface area contributed by atoms with E-state index in [1.54, 1.807) is 0 Å². The fraction of sp³-hybridized carbons (Fsp3) is 0.818. The lowest BCUT2D eigenvalue weighted by atomic mass is 9.92. The predicted molar refractivity (Wildman–Crippen MR) is 54.4 cm³/mol. The molecule has 78 valence electrons. The van der Waals surface area contributed by atoms with Gasteiger partial charge in [0.25, 0.3) is 0 Å². The van der Waals surface area contributed by atoms with Gasteiger partial charge in [-0.1, -0.05) is 20.8 Å². The summed E-state index contributed by atoms with van der Waals surface area (Å²) in [6, 6.07) is 2.25. The second kappa shape index (κ2) is 3.61. The van der Waals surface area contributed by atoms with Crippen molar-refractivity contribution >= 4 is 5.91 Å². The zero-order valence-electron chi connectivity index (χ0n) is 9.18. The number of hydrogen-bond acceptors (Lipinski definition) is 2. The molecule has 0 atom stereocenters. The molecular weight excluding hydrogens is 176 g/mol. The minimum atomic E-state index is -0.579. The Morgan fingerprint density at radius 2 is 1.86 bits per heavy atom. The maximum absolute atomic E-state index is 11.7. The average Bonchev–Trinajstić information content (AvgIpc) is 2.52. The molecule has 0 aromatic heterocycles. The molecule has 0 bridgehead atoms. The van der Waals surface area contributed by atoms with E-state index in [0.717, 1.165) is 25.7 Å². The van der Waals surface area contributed by atoms with Gasteiger partial charge in [-0.3, -0.25) is 4.79 Å². The van der Waals surface area contributed by atoms with Crippen molar-refractivity contribution in [1.82, 2.24) is 5.32 Å². The third-order valence-electron chi connectivity index (χ3n) is 2.71. The minimum Gasteiger partial charge on any atom is -0.337 e. The van der Waals surface area contributed by atoms with Crippen LogP contribution in [0.3, 0.4) is 0 Å². The van der Waals surface area contributed by atoms with Crippen molar-refractivity contribution in [2.45, 2.75) is 52.0 Å². The van der Waals surface area contributed by atoms with Crippen LogP contribution in [0.5, 0.6) is 0 Å². The molecule has 14 heavy (non-hydrogen) atoms. The maximum atomic E-state index is 11.7. The van der Waals surface area contributed by atoms with Crippen LogP contribution in [0.15, 0.2) is 0 Å². The Bertz CT molecular complexity index is 264. The SMILES string of the molecule is CC(C)(C)C(=O)NC1(C#N)CCCC1. The fourth-order valence-corrected chi connectivity index (χ4v) is 1.65. The lowest BCUT2D eigenvalue weighted by molar-refractivity contribution is -0.129. The molecule has 0 aromatic carbocycles. The van der Waals surface area contributed by atoms with Crippen LogP contribution in [0, 0.1) is 16.7 Å². The molecule has 0 saturated heterocycles. The monoisotopic (exact) mass is 194 g/mol. The van der Waals surface area contributed by atoms with Gasteiger partial charge in [0.05, 0.1) is 6.07 Å². The second-order valence-corrected chi connectivity index (χ2v) is 5.11. The number of amides is 1. The summed E-state index contributed by atoms with van der Waals surface area (Å²) in [5.74, 6) is -0.0269. The van der Waals surface area contributed by atoms with Gasteiger partial charge in [-0.05, 0) is 25.7 Å². The molecule has 0 spiro atoms. The first-order chi connectivity index (χ1) is 6.40. The average molecular weight is 194 g/mol. The Labute approximate surface area is 85.5 Å². The molecule has 1 fully saturated rings. The molecule has 0 unspecified atom stereocenters. The number of carbonyl (C=O) groups is 1. The topological polar surface area (TPSA) is 52.9 Å².